The lowest BCUT2D eigenvalue weighted by Gasteiger charge is -2.12. The monoisotopic (exact) mass is 300 g/mol. The number of rotatable bonds is 4. The van der Waals surface area contributed by atoms with Gasteiger partial charge in [-0.1, -0.05) is 30.3 Å². The number of amides is 1. The number of hydrogen-bond acceptors (Lipinski definition) is 3. The van der Waals surface area contributed by atoms with E-state index < -0.39 is 0 Å². The Kier molecular flexibility index (Phi) is 4.34. The second-order valence-electron chi connectivity index (χ2n) is 5.22. The molecule has 1 aliphatic heterocycles. The van der Waals surface area contributed by atoms with Crippen LogP contribution in [0, 0.1) is 5.82 Å². The van der Waals surface area contributed by atoms with Crippen LogP contribution in [0.2, 0.25) is 0 Å². The Labute approximate surface area is 128 Å². The fourth-order valence-electron chi connectivity index (χ4n) is 2.49. The number of nitrogens with one attached hydrogen (secondary N) is 2. The fraction of sp³-hybridized carbons (Fsp3) is 0.235. The van der Waals surface area contributed by atoms with Gasteiger partial charge in [0.2, 0.25) is 0 Å². The number of carbonyl (C=O) groups is 1. The lowest BCUT2D eigenvalue weighted by Crippen LogP contribution is -2.41. The molecule has 0 bridgehead atoms. The maximum atomic E-state index is 13.7. The van der Waals surface area contributed by atoms with E-state index in [4.69, 9.17) is 4.84 Å². The van der Waals surface area contributed by atoms with Crippen LogP contribution < -0.4 is 15.6 Å². The highest BCUT2D eigenvalue weighted by Crippen LogP contribution is 2.24. The first kappa shape index (κ1) is 14.5. The van der Waals surface area contributed by atoms with E-state index in [9.17, 15) is 9.18 Å². The van der Waals surface area contributed by atoms with Crippen molar-refractivity contribution in [2.75, 3.05) is 6.54 Å². The van der Waals surface area contributed by atoms with Gasteiger partial charge in [0.15, 0.2) is 5.75 Å². The SMILES string of the molecule is O=C(NOc1ccc(-c2ccccc2F)cc1)C1CCCN1. The van der Waals surface area contributed by atoms with E-state index in [-0.39, 0.29) is 17.8 Å². The largest absolute Gasteiger partial charge is 0.379 e. The quantitative estimate of drug-likeness (QED) is 0.854. The van der Waals surface area contributed by atoms with Gasteiger partial charge < -0.3 is 10.2 Å². The third-order valence-corrected chi connectivity index (χ3v) is 3.69. The Morgan fingerprint density at radius 1 is 1.18 bits per heavy atom. The van der Waals surface area contributed by atoms with Gasteiger partial charge in [-0.05, 0) is 43.1 Å². The Bertz CT molecular complexity index is 652. The van der Waals surface area contributed by atoms with Gasteiger partial charge in [-0.15, -0.1) is 0 Å². The van der Waals surface area contributed by atoms with Crippen LogP contribution in [-0.4, -0.2) is 18.5 Å². The Hall–Kier alpha value is -2.40. The highest BCUT2D eigenvalue weighted by Gasteiger charge is 2.22. The van der Waals surface area contributed by atoms with Crippen LogP contribution in [-0.2, 0) is 4.79 Å². The molecule has 0 aromatic heterocycles. The molecule has 0 aliphatic carbocycles. The van der Waals surface area contributed by atoms with Gasteiger partial charge in [0.25, 0.3) is 5.91 Å². The summed E-state index contributed by atoms with van der Waals surface area (Å²) in [5.41, 5.74) is 3.73. The molecule has 1 fully saturated rings. The summed E-state index contributed by atoms with van der Waals surface area (Å²) in [7, 11) is 0. The highest BCUT2D eigenvalue weighted by molar-refractivity contribution is 5.81. The van der Waals surface area contributed by atoms with Crippen molar-refractivity contribution in [3.05, 3.63) is 54.3 Å². The molecule has 4 nitrogen and oxygen atoms in total. The van der Waals surface area contributed by atoms with Gasteiger partial charge in [-0.25, -0.2) is 4.39 Å². The minimum atomic E-state index is -0.267. The maximum absolute atomic E-state index is 13.7. The number of carbonyl (C=O) groups excluding carboxylic acids is 1. The van der Waals surface area contributed by atoms with Crippen LogP contribution in [0.4, 0.5) is 4.39 Å². The third kappa shape index (κ3) is 3.26. The summed E-state index contributed by atoms with van der Waals surface area (Å²) in [6, 6.07) is 13.3. The minimum Gasteiger partial charge on any atom is -0.379 e. The second-order valence-corrected chi connectivity index (χ2v) is 5.22. The lowest BCUT2D eigenvalue weighted by atomic mass is 10.1. The van der Waals surface area contributed by atoms with Crippen LogP contribution in [0.5, 0.6) is 5.75 Å². The van der Waals surface area contributed by atoms with Crippen LogP contribution in [0.25, 0.3) is 11.1 Å². The molecular weight excluding hydrogens is 283 g/mol. The summed E-state index contributed by atoms with van der Waals surface area (Å²) in [5, 5.41) is 3.10. The number of benzene rings is 2. The maximum Gasteiger partial charge on any atom is 0.269 e. The molecule has 2 aromatic rings. The summed E-state index contributed by atoms with van der Waals surface area (Å²) in [6.07, 6.45) is 1.82. The average Bonchev–Trinajstić information content (AvgIpc) is 3.08. The van der Waals surface area contributed by atoms with E-state index in [2.05, 4.69) is 10.8 Å². The van der Waals surface area contributed by atoms with E-state index >= 15 is 0 Å². The van der Waals surface area contributed by atoms with Crippen molar-refractivity contribution in [3.8, 4) is 16.9 Å². The average molecular weight is 300 g/mol. The first-order chi connectivity index (χ1) is 10.7. The number of hydroxylamine groups is 1. The zero-order valence-electron chi connectivity index (χ0n) is 12.0. The Morgan fingerprint density at radius 3 is 2.64 bits per heavy atom. The summed E-state index contributed by atoms with van der Waals surface area (Å²) < 4.78 is 13.7. The van der Waals surface area contributed by atoms with Crippen molar-refractivity contribution in [2.45, 2.75) is 18.9 Å². The summed E-state index contributed by atoms with van der Waals surface area (Å²) >= 11 is 0. The van der Waals surface area contributed by atoms with E-state index in [1.54, 1.807) is 42.5 Å². The zero-order valence-corrected chi connectivity index (χ0v) is 12.0. The minimum absolute atomic E-state index is 0.171. The zero-order chi connectivity index (χ0) is 15.4. The van der Waals surface area contributed by atoms with Crippen molar-refractivity contribution in [3.63, 3.8) is 0 Å². The van der Waals surface area contributed by atoms with E-state index in [1.807, 2.05) is 0 Å². The van der Waals surface area contributed by atoms with Crippen LogP contribution in [0.15, 0.2) is 48.5 Å². The summed E-state index contributed by atoms with van der Waals surface area (Å²) in [6.45, 7) is 0.857. The molecule has 5 heteroatoms. The predicted octanol–water partition coefficient (Wildman–Crippen LogP) is 2.65. The Balaban J connectivity index is 1.62. The smallest absolute Gasteiger partial charge is 0.269 e. The molecule has 0 radical (unpaired) electrons. The van der Waals surface area contributed by atoms with Gasteiger partial charge in [0.05, 0.1) is 6.04 Å². The third-order valence-electron chi connectivity index (χ3n) is 3.69. The molecule has 22 heavy (non-hydrogen) atoms. The van der Waals surface area contributed by atoms with Gasteiger partial charge in [-0.2, -0.15) is 5.48 Å². The van der Waals surface area contributed by atoms with Gasteiger partial charge in [0.1, 0.15) is 5.82 Å². The Morgan fingerprint density at radius 2 is 1.95 bits per heavy atom. The van der Waals surface area contributed by atoms with E-state index in [0.29, 0.717) is 11.3 Å². The van der Waals surface area contributed by atoms with Crippen LogP contribution in [0.3, 0.4) is 0 Å². The molecule has 1 amide bonds. The molecule has 1 aliphatic rings. The second kappa shape index (κ2) is 6.58. The predicted molar refractivity (Wildman–Crippen MR) is 81.6 cm³/mol. The van der Waals surface area contributed by atoms with E-state index in [0.717, 1.165) is 24.9 Å². The topological polar surface area (TPSA) is 50.4 Å². The molecule has 1 heterocycles. The van der Waals surface area contributed by atoms with Gasteiger partial charge in [0, 0.05) is 5.56 Å². The van der Waals surface area contributed by atoms with Gasteiger partial charge in [-0.3, -0.25) is 4.79 Å². The molecular formula is C17H17FN2O2. The highest BCUT2D eigenvalue weighted by atomic mass is 19.1. The first-order valence-electron chi connectivity index (χ1n) is 7.29. The van der Waals surface area contributed by atoms with Crippen LogP contribution in [0.1, 0.15) is 12.8 Å². The lowest BCUT2D eigenvalue weighted by molar-refractivity contribution is -0.129. The summed E-state index contributed by atoms with van der Waals surface area (Å²) in [5.74, 6) is 0.0684. The normalized spacial score (nSPS) is 17.2. The first-order valence-corrected chi connectivity index (χ1v) is 7.29. The number of halogens is 1. The molecule has 1 saturated heterocycles. The molecule has 0 saturated carbocycles. The van der Waals surface area contributed by atoms with Crippen molar-refractivity contribution in [1.29, 1.82) is 0 Å². The molecule has 1 unspecified atom stereocenters. The number of hydrogen-bond donors (Lipinski definition) is 2. The fourth-order valence-corrected chi connectivity index (χ4v) is 2.49. The van der Waals surface area contributed by atoms with Gasteiger partial charge >= 0.3 is 0 Å². The van der Waals surface area contributed by atoms with Crippen molar-refractivity contribution in [2.24, 2.45) is 0 Å². The van der Waals surface area contributed by atoms with Crippen molar-refractivity contribution >= 4 is 5.91 Å². The molecule has 1 atom stereocenters. The van der Waals surface area contributed by atoms with Crippen molar-refractivity contribution in [1.82, 2.24) is 10.8 Å². The summed E-state index contributed by atoms with van der Waals surface area (Å²) in [4.78, 5) is 17.1. The molecule has 3 rings (SSSR count). The van der Waals surface area contributed by atoms with Crippen molar-refractivity contribution < 1.29 is 14.0 Å². The molecule has 114 valence electrons. The molecule has 2 N–H and O–H groups in total. The standard InChI is InChI=1S/C17H17FN2O2/c18-15-5-2-1-4-14(15)12-7-9-13(10-8-12)22-20-17(21)16-6-3-11-19-16/h1-2,4-5,7-10,16,19H,3,6,11H2,(H,20,21). The van der Waals surface area contributed by atoms with Crippen LogP contribution >= 0.6 is 0 Å². The molecule has 0 spiro atoms. The molecule has 2 aromatic carbocycles. The van der Waals surface area contributed by atoms with E-state index in [1.165, 1.54) is 6.07 Å².